The van der Waals surface area contributed by atoms with Gasteiger partial charge in [-0.2, -0.15) is 5.26 Å². The summed E-state index contributed by atoms with van der Waals surface area (Å²) in [6.07, 6.45) is 0. The fraction of sp³-hybridized carbons (Fsp3) is 0.500. The van der Waals surface area contributed by atoms with Crippen molar-refractivity contribution in [2.24, 2.45) is 5.92 Å². The topological polar surface area (TPSA) is 104 Å². The number of nitrogens with one attached hydrogen (secondary N) is 2. The smallest absolute Gasteiger partial charge is 0.316 e. The number of methoxy groups -OCH3 is 2. The molecule has 2 rings (SSSR count). The summed E-state index contributed by atoms with van der Waals surface area (Å²) in [5.74, 6) is 1.15. The molecule has 8 heteroatoms. The van der Waals surface area contributed by atoms with E-state index in [-0.39, 0.29) is 24.5 Å². The lowest BCUT2D eigenvalue weighted by molar-refractivity contribution is -0.134. The van der Waals surface area contributed by atoms with E-state index in [2.05, 4.69) is 10.6 Å². The molecule has 1 saturated heterocycles. The number of carbonyl (C=O) groups excluding carboxylic acids is 2. The predicted octanol–water partition coefficient (Wildman–Crippen LogP) is 1.86. The Morgan fingerprint density at radius 1 is 1.27 bits per heavy atom. The Labute approximate surface area is 154 Å². The minimum absolute atomic E-state index is 0.0132. The molecule has 0 unspecified atom stereocenters. The van der Waals surface area contributed by atoms with Crippen LogP contribution in [0.5, 0.6) is 11.5 Å². The summed E-state index contributed by atoms with van der Waals surface area (Å²) in [6, 6.07) is 6.40. The lowest BCUT2D eigenvalue weighted by Gasteiger charge is -2.25. The van der Waals surface area contributed by atoms with E-state index in [1.807, 2.05) is 26.0 Å². The van der Waals surface area contributed by atoms with Gasteiger partial charge in [0.15, 0.2) is 11.5 Å². The van der Waals surface area contributed by atoms with Crippen molar-refractivity contribution in [2.75, 3.05) is 20.9 Å². The van der Waals surface area contributed by atoms with E-state index < -0.39 is 6.04 Å². The normalized spacial score (nSPS) is 16.5. The van der Waals surface area contributed by atoms with Gasteiger partial charge in [0.25, 0.3) is 0 Å². The maximum atomic E-state index is 12.6. The van der Waals surface area contributed by atoms with E-state index in [4.69, 9.17) is 14.7 Å². The van der Waals surface area contributed by atoms with Crippen LogP contribution in [0.4, 0.5) is 4.79 Å². The Balaban J connectivity index is 0.00000105. The summed E-state index contributed by atoms with van der Waals surface area (Å²) < 4.78 is 10.5. The molecule has 2 N–H and O–H groups in total. The number of nitriles is 1. The van der Waals surface area contributed by atoms with Crippen LogP contribution in [0.15, 0.2) is 18.2 Å². The van der Waals surface area contributed by atoms with Crippen LogP contribution >= 0.6 is 0 Å². The molecule has 26 heavy (non-hydrogen) atoms. The molecule has 142 valence electrons. The Hall–Kier alpha value is -2.95. The Bertz CT molecular complexity index is 670. The second-order valence-corrected chi connectivity index (χ2v) is 5.98. The number of benzene rings is 1. The van der Waals surface area contributed by atoms with Crippen LogP contribution in [0.3, 0.4) is 0 Å². The molecule has 1 aliphatic rings. The SMILES string of the molecule is CC#N.COc1ccc(CN2CNC(=O)N[C@@H](C(C)C)C2=O)cc1OC. The van der Waals surface area contributed by atoms with Crippen LogP contribution in [0.2, 0.25) is 0 Å². The molecule has 1 aromatic carbocycles. The molecule has 8 nitrogen and oxygen atoms in total. The largest absolute Gasteiger partial charge is 0.493 e. The van der Waals surface area contributed by atoms with E-state index in [9.17, 15) is 9.59 Å². The Morgan fingerprint density at radius 3 is 2.42 bits per heavy atom. The lowest BCUT2D eigenvalue weighted by atomic mass is 10.0. The quantitative estimate of drug-likeness (QED) is 0.832. The van der Waals surface area contributed by atoms with Gasteiger partial charge in [-0.25, -0.2) is 4.79 Å². The van der Waals surface area contributed by atoms with Crippen LogP contribution in [-0.2, 0) is 11.3 Å². The maximum absolute atomic E-state index is 12.6. The molecule has 0 spiro atoms. The number of hydrogen-bond donors (Lipinski definition) is 2. The van der Waals surface area contributed by atoms with Gasteiger partial charge in [0.05, 0.1) is 27.0 Å². The van der Waals surface area contributed by atoms with Crippen molar-refractivity contribution in [2.45, 2.75) is 33.4 Å². The van der Waals surface area contributed by atoms with Gasteiger partial charge >= 0.3 is 6.03 Å². The molecule has 0 saturated carbocycles. The highest BCUT2D eigenvalue weighted by atomic mass is 16.5. The van der Waals surface area contributed by atoms with Gasteiger partial charge in [-0.05, 0) is 23.6 Å². The van der Waals surface area contributed by atoms with Crippen LogP contribution in [0.1, 0.15) is 26.3 Å². The summed E-state index contributed by atoms with van der Waals surface area (Å²) in [5.41, 5.74) is 0.898. The molecular formula is C18H26N4O4. The second kappa shape index (κ2) is 10.1. The zero-order chi connectivity index (χ0) is 19.7. The van der Waals surface area contributed by atoms with E-state index in [0.717, 1.165) is 5.56 Å². The monoisotopic (exact) mass is 362 g/mol. The average molecular weight is 362 g/mol. The second-order valence-electron chi connectivity index (χ2n) is 5.98. The van der Waals surface area contributed by atoms with Crippen molar-refractivity contribution >= 4 is 11.9 Å². The summed E-state index contributed by atoms with van der Waals surface area (Å²) in [4.78, 5) is 25.9. The average Bonchev–Trinajstić information content (AvgIpc) is 2.75. The first-order valence-corrected chi connectivity index (χ1v) is 8.22. The lowest BCUT2D eigenvalue weighted by Crippen LogP contribution is -2.47. The fourth-order valence-electron chi connectivity index (χ4n) is 2.48. The van der Waals surface area contributed by atoms with Crippen LogP contribution < -0.4 is 20.1 Å². The molecule has 0 aliphatic carbocycles. The molecule has 1 atom stereocenters. The van der Waals surface area contributed by atoms with Gasteiger partial charge in [0.2, 0.25) is 5.91 Å². The van der Waals surface area contributed by atoms with E-state index >= 15 is 0 Å². The van der Waals surface area contributed by atoms with Crippen LogP contribution in [0, 0.1) is 17.2 Å². The van der Waals surface area contributed by atoms with Gasteiger partial charge in [0.1, 0.15) is 6.04 Å². The molecule has 1 fully saturated rings. The van der Waals surface area contributed by atoms with Crippen LogP contribution in [0.25, 0.3) is 0 Å². The van der Waals surface area contributed by atoms with E-state index in [1.165, 1.54) is 6.92 Å². The van der Waals surface area contributed by atoms with E-state index in [0.29, 0.717) is 18.0 Å². The summed E-state index contributed by atoms with van der Waals surface area (Å²) in [5, 5.41) is 12.7. The van der Waals surface area contributed by atoms with Crippen molar-refractivity contribution in [3.8, 4) is 17.6 Å². The van der Waals surface area contributed by atoms with Gasteiger partial charge in [0, 0.05) is 13.5 Å². The number of rotatable bonds is 5. The van der Waals surface area contributed by atoms with Crippen molar-refractivity contribution in [3.63, 3.8) is 0 Å². The van der Waals surface area contributed by atoms with Gasteiger partial charge < -0.3 is 25.0 Å². The first-order chi connectivity index (χ1) is 12.4. The number of nitrogens with zero attached hydrogens (tertiary/aromatic N) is 2. The zero-order valence-electron chi connectivity index (χ0n) is 15.8. The number of ether oxygens (including phenoxy) is 2. The highest BCUT2D eigenvalue weighted by molar-refractivity contribution is 5.89. The molecule has 1 heterocycles. The third-order valence-corrected chi connectivity index (χ3v) is 3.78. The zero-order valence-corrected chi connectivity index (χ0v) is 15.8. The summed E-state index contributed by atoms with van der Waals surface area (Å²) in [7, 11) is 3.14. The van der Waals surface area contributed by atoms with Crippen molar-refractivity contribution in [1.29, 1.82) is 5.26 Å². The third kappa shape index (κ3) is 5.55. The third-order valence-electron chi connectivity index (χ3n) is 3.78. The first kappa shape index (κ1) is 21.1. The number of carbonyl (C=O) groups is 2. The molecule has 0 radical (unpaired) electrons. The standard InChI is InChI=1S/C16H23N3O4.C2H3N/c1-10(2)14-15(20)19(9-17-16(21)18-14)8-11-5-6-12(22-3)13(7-11)23-4;1-2-3/h5-7,10,14H,8-9H2,1-4H3,(H2,17,18,21);1H3/t14-;/m0./s1. The molecule has 0 bridgehead atoms. The van der Waals surface area contributed by atoms with Gasteiger partial charge in [-0.15, -0.1) is 0 Å². The van der Waals surface area contributed by atoms with Gasteiger partial charge in [-0.1, -0.05) is 19.9 Å². The number of amides is 3. The first-order valence-electron chi connectivity index (χ1n) is 8.22. The summed E-state index contributed by atoms with van der Waals surface area (Å²) in [6.45, 7) is 5.79. The minimum atomic E-state index is -0.530. The number of hydrogen-bond acceptors (Lipinski definition) is 5. The van der Waals surface area contributed by atoms with Crippen LogP contribution in [-0.4, -0.2) is 43.8 Å². The Kier molecular flexibility index (Phi) is 8.22. The Morgan fingerprint density at radius 2 is 1.88 bits per heavy atom. The molecule has 1 aliphatic heterocycles. The van der Waals surface area contributed by atoms with Crippen molar-refractivity contribution in [1.82, 2.24) is 15.5 Å². The minimum Gasteiger partial charge on any atom is -0.493 e. The predicted molar refractivity (Wildman–Crippen MR) is 96.5 cm³/mol. The highest BCUT2D eigenvalue weighted by Gasteiger charge is 2.31. The van der Waals surface area contributed by atoms with Crippen molar-refractivity contribution < 1.29 is 19.1 Å². The molecule has 0 aromatic heterocycles. The number of urea groups is 1. The summed E-state index contributed by atoms with van der Waals surface area (Å²) >= 11 is 0. The van der Waals surface area contributed by atoms with E-state index in [1.54, 1.807) is 31.3 Å². The molecule has 1 aromatic rings. The maximum Gasteiger partial charge on any atom is 0.316 e. The van der Waals surface area contributed by atoms with Gasteiger partial charge in [-0.3, -0.25) is 4.79 Å². The fourth-order valence-corrected chi connectivity index (χ4v) is 2.48. The molecule has 3 amide bonds. The van der Waals surface area contributed by atoms with Crippen molar-refractivity contribution in [3.05, 3.63) is 23.8 Å². The molecular weight excluding hydrogens is 336 g/mol. The highest BCUT2D eigenvalue weighted by Crippen LogP contribution is 2.28.